The van der Waals surface area contributed by atoms with Gasteiger partial charge < -0.3 is 25.7 Å². The number of unbranched alkanes of at least 4 members (excludes halogenated alkanes) is 48. The Hall–Kier alpha value is -1.73. The van der Waals surface area contributed by atoms with E-state index in [0.717, 1.165) is 51.4 Å². The molecule has 0 aromatic heterocycles. The average molecular weight is 1100 g/mol. The van der Waals surface area contributed by atoms with Gasteiger partial charge in [0.15, 0.2) is 0 Å². The standard InChI is InChI=1S/C72H137NO5/c1-3-5-7-9-11-13-15-17-19-21-23-25-27-29-31-33-35-37-39-41-43-45-47-49-51-53-55-57-59-61-63-65-69(75)71(77)68(67-74)73-72(78)70(76)66-64-62-60-58-56-54-52-50-48-46-44-42-40-38-36-34-32-30-28-26-24-22-20-18-16-14-12-10-8-6-4-2/h30,32,41,43,49,51,57,59,68-71,74-77H,3-29,31,33-40,42,44-48,50,52-56,58,60-67H2,1-2H3,(H,73,78)/b32-30-,43-41+,51-49+,59-57+. The van der Waals surface area contributed by atoms with Crippen LogP contribution in [0.1, 0.15) is 373 Å². The molecule has 6 nitrogen and oxygen atoms in total. The number of nitrogens with one attached hydrogen (secondary N) is 1. The first-order valence-corrected chi connectivity index (χ1v) is 35.0. The van der Waals surface area contributed by atoms with Crippen LogP contribution in [-0.4, -0.2) is 57.3 Å². The Morgan fingerprint density at radius 1 is 0.308 bits per heavy atom. The summed E-state index contributed by atoms with van der Waals surface area (Å²) < 4.78 is 0. The molecule has 0 aliphatic carbocycles. The molecule has 1 amide bonds. The fraction of sp³-hybridized carbons (Fsp3) is 0.875. The topological polar surface area (TPSA) is 110 Å². The second kappa shape index (κ2) is 66.1. The number of carbonyl (C=O) groups is 1. The van der Waals surface area contributed by atoms with Crippen molar-refractivity contribution in [3.8, 4) is 0 Å². The third kappa shape index (κ3) is 58.9. The lowest BCUT2D eigenvalue weighted by atomic mass is 10.00. The predicted octanol–water partition coefficient (Wildman–Crippen LogP) is 21.7. The van der Waals surface area contributed by atoms with Gasteiger partial charge in [-0.3, -0.25) is 4.79 Å². The minimum Gasteiger partial charge on any atom is -0.394 e. The number of allylic oxidation sites excluding steroid dienone is 8. The van der Waals surface area contributed by atoms with E-state index in [2.05, 4.69) is 67.8 Å². The van der Waals surface area contributed by atoms with E-state index in [1.165, 1.54) is 289 Å². The molecule has 0 radical (unpaired) electrons. The number of hydrogen-bond acceptors (Lipinski definition) is 5. The first-order valence-electron chi connectivity index (χ1n) is 35.0. The van der Waals surface area contributed by atoms with Gasteiger partial charge in [0.1, 0.15) is 12.2 Å². The smallest absolute Gasteiger partial charge is 0.249 e. The van der Waals surface area contributed by atoms with Crippen LogP contribution in [-0.2, 0) is 4.79 Å². The van der Waals surface area contributed by atoms with E-state index >= 15 is 0 Å². The van der Waals surface area contributed by atoms with E-state index in [1.807, 2.05) is 0 Å². The van der Waals surface area contributed by atoms with Crippen molar-refractivity contribution < 1.29 is 25.2 Å². The van der Waals surface area contributed by atoms with Gasteiger partial charge in [0.2, 0.25) is 5.91 Å². The minimum absolute atomic E-state index is 0.359. The molecule has 0 aromatic rings. The molecule has 0 heterocycles. The van der Waals surface area contributed by atoms with Crippen LogP contribution >= 0.6 is 0 Å². The minimum atomic E-state index is -1.30. The van der Waals surface area contributed by atoms with Gasteiger partial charge in [0.05, 0.1) is 18.8 Å². The zero-order chi connectivity index (χ0) is 56.6. The number of aliphatic hydroxyl groups is 4. The van der Waals surface area contributed by atoms with E-state index in [4.69, 9.17) is 0 Å². The van der Waals surface area contributed by atoms with Crippen LogP contribution in [0, 0.1) is 0 Å². The summed E-state index contributed by atoms with van der Waals surface area (Å²) >= 11 is 0. The first-order chi connectivity index (χ1) is 38.5. The average Bonchev–Trinajstić information content (AvgIpc) is 3.44. The van der Waals surface area contributed by atoms with Crippen molar-refractivity contribution in [1.29, 1.82) is 0 Å². The van der Waals surface area contributed by atoms with Gasteiger partial charge in [0, 0.05) is 0 Å². The Balaban J connectivity index is 3.62. The highest BCUT2D eigenvalue weighted by molar-refractivity contribution is 5.80. The zero-order valence-corrected chi connectivity index (χ0v) is 52.4. The maximum absolute atomic E-state index is 12.7. The van der Waals surface area contributed by atoms with Crippen LogP contribution in [0.25, 0.3) is 0 Å². The molecule has 4 atom stereocenters. The molecule has 0 saturated carbocycles. The molecular weight excluding hydrogens is 959 g/mol. The van der Waals surface area contributed by atoms with Crippen LogP contribution in [0.5, 0.6) is 0 Å². The van der Waals surface area contributed by atoms with Crippen molar-refractivity contribution in [2.45, 2.75) is 398 Å². The highest BCUT2D eigenvalue weighted by Gasteiger charge is 2.28. The molecule has 5 N–H and O–H groups in total. The molecule has 0 aliphatic heterocycles. The SMILES string of the molecule is CCCCCCCCCCCCCC/C=C\CCCCCCCCCCCCCCCCCC(O)C(=O)NC(CO)C(O)C(O)CCC/C=C/CC/C=C/CC/C=C/CCCCCCCCCCCCCCCCCCCC. The van der Waals surface area contributed by atoms with E-state index in [-0.39, 0.29) is 0 Å². The molecule has 0 spiro atoms. The van der Waals surface area contributed by atoms with Crippen molar-refractivity contribution in [3.05, 3.63) is 48.6 Å². The molecule has 4 unspecified atom stereocenters. The summed E-state index contributed by atoms with van der Waals surface area (Å²) in [5.74, 6) is -0.595. The second-order valence-corrected chi connectivity index (χ2v) is 24.2. The van der Waals surface area contributed by atoms with Crippen molar-refractivity contribution >= 4 is 5.91 Å². The Bertz CT molecular complexity index is 1280. The summed E-state index contributed by atoms with van der Waals surface area (Å²) in [4.78, 5) is 12.7. The lowest BCUT2D eigenvalue weighted by Gasteiger charge is -2.27. The van der Waals surface area contributed by atoms with Gasteiger partial charge in [-0.2, -0.15) is 0 Å². The Labute approximate surface area is 487 Å². The summed E-state index contributed by atoms with van der Waals surface area (Å²) in [6.45, 7) is 4.09. The number of aliphatic hydroxyl groups excluding tert-OH is 4. The predicted molar refractivity (Wildman–Crippen MR) is 343 cm³/mol. The molecule has 0 bridgehead atoms. The van der Waals surface area contributed by atoms with Crippen LogP contribution in [0.3, 0.4) is 0 Å². The van der Waals surface area contributed by atoms with Gasteiger partial charge in [0.25, 0.3) is 0 Å². The second-order valence-electron chi connectivity index (χ2n) is 24.2. The highest BCUT2D eigenvalue weighted by atomic mass is 16.3. The molecule has 460 valence electrons. The normalized spacial score (nSPS) is 13.8. The van der Waals surface area contributed by atoms with Crippen molar-refractivity contribution in [2.75, 3.05) is 6.61 Å². The summed E-state index contributed by atoms with van der Waals surface area (Å²) in [5.41, 5.74) is 0. The molecule has 0 fully saturated rings. The van der Waals surface area contributed by atoms with Gasteiger partial charge >= 0.3 is 0 Å². The summed E-state index contributed by atoms with van der Waals surface area (Å²) in [6, 6.07) is -1.01. The molecule has 0 aliphatic rings. The van der Waals surface area contributed by atoms with Crippen molar-refractivity contribution in [3.63, 3.8) is 0 Å². The quantitative estimate of drug-likeness (QED) is 0.0308. The summed E-state index contributed by atoms with van der Waals surface area (Å²) in [7, 11) is 0. The fourth-order valence-electron chi connectivity index (χ4n) is 11.0. The van der Waals surface area contributed by atoms with Crippen LogP contribution in [0.2, 0.25) is 0 Å². The van der Waals surface area contributed by atoms with Gasteiger partial charge in [-0.25, -0.2) is 0 Å². The number of hydrogen-bond donors (Lipinski definition) is 5. The molecule has 0 saturated heterocycles. The van der Waals surface area contributed by atoms with Crippen LogP contribution in [0.15, 0.2) is 48.6 Å². The number of carbonyl (C=O) groups excluding carboxylic acids is 1. The van der Waals surface area contributed by atoms with Gasteiger partial charge in [-0.15, -0.1) is 0 Å². The molecule has 78 heavy (non-hydrogen) atoms. The van der Waals surface area contributed by atoms with Crippen molar-refractivity contribution in [1.82, 2.24) is 5.32 Å². The van der Waals surface area contributed by atoms with Crippen molar-refractivity contribution in [2.24, 2.45) is 0 Å². The summed E-state index contributed by atoms with van der Waals surface area (Å²) in [5, 5.41) is 44.2. The zero-order valence-electron chi connectivity index (χ0n) is 52.4. The maximum atomic E-state index is 12.7. The fourth-order valence-corrected chi connectivity index (χ4v) is 11.0. The van der Waals surface area contributed by atoms with E-state index in [0.29, 0.717) is 19.3 Å². The number of amides is 1. The largest absolute Gasteiger partial charge is 0.394 e. The van der Waals surface area contributed by atoms with E-state index in [9.17, 15) is 25.2 Å². The Morgan fingerprint density at radius 2 is 0.538 bits per heavy atom. The summed E-state index contributed by atoms with van der Waals surface area (Å²) in [6.07, 6.45) is 86.7. The molecule has 0 rings (SSSR count). The third-order valence-corrected chi connectivity index (χ3v) is 16.5. The lowest BCUT2D eigenvalue weighted by Crippen LogP contribution is -2.53. The van der Waals surface area contributed by atoms with Crippen LogP contribution < -0.4 is 5.32 Å². The monoisotopic (exact) mass is 1100 g/mol. The highest BCUT2D eigenvalue weighted by Crippen LogP contribution is 2.19. The molecular formula is C72H137NO5. The Morgan fingerprint density at radius 3 is 0.808 bits per heavy atom. The van der Waals surface area contributed by atoms with E-state index < -0.39 is 36.9 Å². The molecule has 6 heteroatoms. The Kier molecular flexibility index (Phi) is 64.6. The van der Waals surface area contributed by atoms with Crippen LogP contribution in [0.4, 0.5) is 0 Å². The van der Waals surface area contributed by atoms with Gasteiger partial charge in [-0.05, 0) is 89.9 Å². The van der Waals surface area contributed by atoms with Gasteiger partial charge in [-0.1, -0.05) is 332 Å². The molecule has 0 aromatic carbocycles. The third-order valence-electron chi connectivity index (χ3n) is 16.5. The maximum Gasteiger partial charge on any atom is 0.249 e. The van der Waals surface area contributed by atoms with E-state index in [1.54, 1.807) is 0 Å². The number of rotatable bonds is 65. The first kappa shape index (κ1) is 76.3. The lowest BCUT2D eigenvalue weighted by molar-refractivity contribution is -0.132.